The van der Waals surface area contributed by atoms with E-state index in [0.29, 0.717) is 30.6 Å². The molecular weight excluding hydrogens is 318 g/mol. The van der Waals surface area contributed by atoms with Crippen LogP contribution in [0.3, 0.4) is 0 Å². The van der Waals surface area contributed by atoms with Gasteiger partial charge >= 0.3 is 0 Å². The molecule has 0 unspecified atom stereocenters. The van der Waals surface area contributed by atoms with E-state index in [1.165, 1.54) is 6.92 Å². The number of aromatic nitrogens is 1. The first kappa shape index (κ1) is 16.8. The topological polar surface area (TPSA) is 88.2 Å². The number of pyridine rings is 1. The van der Waals surface area contributed by atoms with Crippen molar-refractivity contribution in [2.75, 3.05) is 5.32 Å². The van der Waals surface area contributed by atoms with Gasteiger partial charge in [0.1, 0.15) is 5.41 Å². The number of anilines is 1. The van der Waals surface area contributed by atoms with Crippen LogP contribution in [0, 0.1) is 5.41 Å². The molecule has 1 heterocycles. The fourth-order valence-corrected chi connectivity index (χ4v) is 2.56. The number of hydrogen-bond donors (Lipinski definition) is 2. The minimum atomic E-state index is -1.01. The molecule has 1 fully saturated rings. The van der Waals surface area contributed by atoms with Gasteiger partial charge in [0.05, 0.1) is 12.2 Å². The average Bonchev–Trinajstić information content (AvgIpc) is 3.43. The molecule has 0 bridgehead atoms. The number of carbonyl (C=O) groups is 3. The number of carbonyl (C=O) groups excluding carboxylic acids is 3. The first-order valence-corrected chi connectivity index (χ1v) is 8.12. The number of nitrogens with one attached hydrogen (secondary N) is 2. The van der Waals surface area contributed by atoms with E-state index in [1.807, 2.05) is 12.1 Å². The summed E-state index contributed by atoms with van der Waals surface area (Å²) >= 11 is 0. The van der Waals surface area contributed by atoms with Crippen LogP contribution < -0.4 is 10.6 Å². The zero-order chi connectivity index (χ0) is 17.9. The Labute approximate surface area is 145 Å². The molecule has 2 aromatic rings. The van der Waals surface area contributed by atoms with Crippen molar-refractivity contribution in [2.45, 2.75) is 26.3 Å². The van der Waals surface area contributed by atoms with Crippen molar-refractivity contribution in [2.24, 2.45) is 5.41 Å². The van der Waals surface area contributed by atoms with Gasteiger partial charge < -0.3 is 10.6 Å². The number of Topliss-reactive ketones (excluding diaryl/α,β-unsaturated/α-hetero) is 1. The Balaban J connectivity index is 1.60. The zero-order valence-corrected chi connectivity index (χ0v) is 13.9. The minimum absolute atomic E-state index is 0.0366. The summed E-state index contributed by atoms with van der Waals surface area (Å²) in [6.45, 7) is 1.78. The van der Waals surface area contributed by atoms with Crippen molar-refractivity contribution in [3.05, 3.63) is 59.9 Å². The molecule has 0 atom stereocenters. The predicted octanol–water partition coefficient (Wildman–Crippen LogP) is 2.32. The number of amides is 2. The maximum absolute atomic E-state index is 12.5. The van der Waals surface area contributed by atoms with Crippen LogP contribution in [0.4, 0.5) is 5.69 Å². The second kappa shape index (κ2) is 6.84. The van der Waals surface area contributed by atoms with Gasteiger partial charge in [-0.15, -0.1) is 0 Å². The molecule has 0 aliphatic heterocycles. The Morgan fingerprint density at radius 2 is 1.76 bits per heavy atom. The van der Waals surface area contributed by atoms with Crippen LogP contribution in [0.1, 0.15) is 35.8 Å². The molecule has 2 amide bonds. The van der Waals surface area contributed by atoms with Crippen molar-refractivity contribution in [1.82, 2.24) is 10.3 Å². The smallest absolute Gasteiger partial charge is 0.240 e. The van der Waals surface area contributed by atoms with Crippen LogP contribution >= 0.6 is 0 Å². The molecule has 1 aromatic heterocycles. The predicted molar refractivity (Wildman–Crippen MR) is 92.8 cm³/mol. The molecule has 128 valence electrons. The molecule has 6 heteroatoms. The molecule has 1 aromatic carbocycles. The number of benzene rings is 1. The lowest BCUT2D eigenvalue weighted by molar-refractivity contribution is -0.134. The summed E-state index contributed by atoms with van der Waals surface area (Å²) in [5.74, 6) is -0.636. The summed E-state index contributed by atoms with van der Waals surface area (Å²) < 4.78 is 0. The largest absolute Gasteiger partial charge is 0.350 e. The summed E-state index contributed by atoms with van der Waals surface area (Å²) in [6, 6.07) is 12.1. The molecule has 0 radical (unpaired) electrons. The Morgan fingerprint density at radius 1 is 1.04 bits per heavy atom. The Kier molecular flexibility index (Phi) is 4.61. The van der Waals surface area contributed by atoms with Gasteiger partial charge in [-0.2, -0.15) is 0 Å². The van der Waals surface area contributed by atoms with Gasteiger partial charge in [0, 0.05) is 17.4 Å². The maximum atomic E-state index is 12.5. The normalized spacial score (nSPS) is 14.4. The van der Waals surface area contributed by atoms with Gasteiger partial charge in [-0.05, 0) is 56.2 Å². The van der Waals surface area contributed by atoms with Crippen molar-refractivity contribution in [1.29, 1.82) is 0 Å². The molecular formula is C19H19N3O3. The van der Waals surface area contributed by atoms with Crippen LogP contribution in [0.2, 0.25) is 0 Å². The number of hydrogen-bond acceptors (Lipinski definition) is 4. The molecule has 0 spiro atoms. The number of nitrogens with zero attached hydrogens (tertiary/aromatic N) is 1. The van der Waals surface area contributed by atoms with Gasteiger partial charge in [-0.3, -0.25) is 19.4 Å². The fraction of sp³-hybridized carbons (Fsp3) is 0.263. The van der Waals surface area contributed by atoms with E-state index in [0.717, 1.165) is 5.69 Å². The van der Waals surface area contributed by atoms with Gasteiger partial charge in [-0.25, -0.2) is 0 Å². The lowest BCUT2D eigenvalue weighted by atomic mass is 10.0. The van der Waals surface area contributed by atoms with Crippen LogP contribution in [0.25, 0.3) is 0 Å². The average molecular weight is 337 g/mol. The monoisotopic (exact) mass is 337 g/mol. The van der Waals surface area contributed by atoms with E-state index in [4.69, 9.17) is 0 Å². The highest BCUT2D eigenvalue weighted by molar-refractivity contribution is 6.13. The zero-order valence-electron chi connectivity index (χ0n) is 13.9. The highest BCUT2D eigenvalue weighted by atomic mass is 16.2. The molecule has 6 nitrogen and oxygen atoms in total. The summed E-state index contributed by atoms with van der Waals surface area (Å²) in [4.78, 5) is 40.4. The van der Waals surface area contributed by atoms with Crippen molar-refractivity contribution in [3.8, 4) is 0 Å². The molecule has 1 aliphatic rings. The fourth-order valence-electron chi connectivity index (χ4n) is 2.56. The lowest BCUT2D eigenvalue weighted by Gasteiger charge is -2.15. The van der Waals surface area contributed by atoms with Crippen LogP contribution in [-0.2, 0) is 16.1 Å². The van der Waals surface area contributed by atoms with Gasteiger partial charge in [0.2, 0.25) is 11.8 Å². The number of ketones is 1. The van der Waals surface area contributed by atoms with Gasteiger partial charge in [0.25, 0.3) is 0 Å². The quantitative estimate of drug-likeness (QED) is 0.625. The third-order valence-electron chi connectivity index (χ3n) is 4.32. The van der Waals surface area contributed by atoms with Crippen molar-refractivity contribution in [3.63, 3.8) is 0 Å². The van der Waals surface area contributed by atoms with E-state index in [2.05, 4.69) is 15.6 Å². The third-order valence-corrected chi connectivity index (χ3v) is 4.32. The van der Waals surface area contributed by atoms with E-state index in [9.17, 15) is 14.4 Å². The van der Waals surface area contributed by atoms with Gasteiger partial charge in [0.15, 0.2) is 5.78 Å². The Bertz CT molecular complexity index is 796. The molecule has 2 N–H and O–H groups in total. The highest BCUT2D eigenvalue weighted by Crippen LogP contribution is 2.46. The lowest BCUT2D eigenvalue weighted by Crippen LogP contribution is -2.39. The molecule has 0 saturated heterocycles. The maximum Gasteiger partial charge on any atom is 0.240 e. The first-order valence-electron chi connectivity index (χ1n) is 8.12. The standard InChI is InChI=1S/C19H19N3O3/c1-13(23)14-5-7-15(8-6-14)22-18(25)19(9-10-19)17(24)21-12-16-4-2-3-11-20-16/h2-8,11H,9-10,12H2,1H3,(H,21,24)(H,22,25). The summed E-state index contributed by atoms with van der Waals surface area (Å²) in [7, 11) is 0. The summed E-state index contributed by atoms with van der Waals surface area (Å²) in [5, 5.41) is 5.55. The van der Waals surface area contributed by atoms with E-state index >= 15 is 0 Å². The highest BCUT2D eigenvalue weighted by Gasteiger charge is 2.56. The van der Waals surface area contributed by atoms with Crippen LogP contribution in [0.15, 0.2) is 48.7 Å². The minimum Gasteiger partial charge on any atom is -0.350 e. The Hall–Kier alpha value is -3.02. The third kappa shape index (κ3) is 3.74. The van der Waals surface area contributed by atoms with Crippen molar-refractivity contribution < 1.29 is 14.4 Å². The van der Waals surface area contributed by atoms with Gasteiger partial charge in [-0.1, -0.05) is 6.07 Å². The van der Waals surface area contributed by atoms with Crippen LogP contribution in [0.5, 0.6) is 0 Å². The summed E-state index contributed by atoms with van der Waals surface area (Å²) in [5.41, 5.74) is 0.881. The van der Waals surface area contributed by atoms with E-state index < -0.39 is 5.41 Å². The SMILES string of the molecule is CC(=O)c1ccc(NC(=O)C2(C(=O)NCc3ccccn3)CC2)cc1. The van der Waals surface area contributed by atoms with E-state index in [1.54, 1.807) is 36.5 Å². The molecule has 3 rings (SSSR count). The second-order valence-corrected chi connectivity index (χ2v) is 6.17. The number of rotatable bonds is 6. The van der Waals surface area contributed by atoms with E-state index in [-0.39, 0.29) is 17.6 Å². The molecule has 25 heavy (non-hydrogen) atoms. The molecule has 1 aliphatic carbocycles. The summed E-state index contributed by atoms with van der Waals surface area (Å²) in [6.07, 6.45) is 2.71. The Morgan fingerprint density at radius 3 is 2.32 bits per heavy atom. The van der Waals surface area contributed by atoms with Crippen molar-refractivity contribution >= 4 is 23.3 Å². The molecule has 1 saturated carbocycles. The first-order chi connectivity index (χ1) is 12.0. The van der Waals surface area contributed by atoms with Crippen LogP contribution in [-0.4, -0.2) is 22.6 Å². The second-order valence-electron chi connectivity index (χ2n) is 6.17.